The molecule has 3 rings (SSSR count). The molecule has 0 bridgehead atoms. The fourth-order valence-electron chi connectivity index (χ4n) is 3.00. The Kier molecular flexibility index (Phi) is 5.56. The predicted molar refractivity (Wildman–Crippen MR) is 99.3 cm³/mol. The van der Waals surface area contributed by atoms with Gasteiger partial charge in [0.15, 0.2) is 0 Å². The van der Waals surface area contributed by atoms with Crippen molar-refractivity contribution in [1.82, 2.24) is 19.8 Å². The first kappa shape index (κ1) is 17.3. The summed E-state index contributed by atoms with van der Waals surface area (Å²) in [4.78, 5) is 25.4. The lowest BCUT2D eigenvalue weighted by Gasteiger charge is -2.34. The number of carbonyl (C=O) groups excluding carboxylic acids is 1. The molecule has 1 fully saturated rings. The normalized spacial score (nSPS) is 15.7. The van der Waals surface area contributed by atoms with E-state index < -0.39 is 0 Å². The highest BCUT2D eigenvalue weighted by Crippen LogP contribution is 2.11. The summed E-state index contributed by atoms with van der Waals surface area (Å²) in [5.41, 5.74) is 2.58. The number of piperazine rings is 1. The molecule has 1 aliphatic rings. The van der Waals surface area contributed by atoms with Crippen LogP contribution < -0.4 is 0 Å². The lowest BCUT2D eigenvalue weighted by atomic mass is 10.2. The van der Waals surface area contributed by atoms with Crippen molar-refractivity contribution >= 4 is 12.0 Å². The molecule has 1 saturated heterocycles. The van der Waals surface area contributed by atoms with Crippen molar-refractivity contribution in [3.63, 3.8) is 0 Å². The molecule has 1 aromatic heterocycles. The number of benzene rings is 1. The van der Waals surface area contributed by atoms with Crippen LogP contribution in [0, 0.1) is 13.8 Å². The van der Waals surface area contributed by atoms with Crippen LogP contribution in [0.2, 0.25) is 0 Å². The fraction of sp³-hybridized carbons (Fsp3) is 0.350. The molecule has 0 radical (unpaired) electrons. The standard InChI is InChI=1S/C20H24N4O/c1-16-19(15-21-17(2)22-16)20(25)24-13-11-23(12-14-24)10-6-9-18-7-4-3-5-8-18/h3-9,15H,10-14H2,1-2H3/b9-6+. The predicted octanol–water partition coefficient (Wildman–Crippen LogP) is 2.56. The minimum Gasteiger partial charge on any atom is -0.336 e. The van der Waals surface area contributed by atoms with Gasteiger partial charge < -0.3 is 4.90 Å². The topological polar surface area (TPSA) is 49.3 Å². The highest BCUT2D eigenvalue weighted by Gasteiger charge is 2.23. The summed E-state index contributed by atoms with van der Waals surface area (Å²) < 4.78 is 0. The van der Waals surface area contributed by atoms with E-state index in [2.05, 4.69) is 39.2 Å². The number of carbonyl (C=O) groups is 1. The van der Waals surface area contributed by atoms with Gasteiger partial charge in [-0.3, -0.25) is 9.69 Å². The van der Waals surface area contributed by atoms with Crippen LogP contribution in [-0.4, -0.2) is 58.4 Å². The van der Waals surface area contributed by atoms with E-state index >= 15 is 0 Å². The van der Waals surface area contributed by atoms with Crippen molar-refractivity contribution in [1.29, 1.82) is 0 Å². The molecule has 2 aromatic rings. The van der Waals surface area contributed by atoms with Crippen molar-refractivity contribution < 1.29 is 4.79 Å². The maximum absolute atomic E-state index is 12.7. The van der Waals surface area contributed by atoms with Gasteiger partial charge in [-0.2, -0.15) is 0 Å². The van der Waals surface area contributed by atoms with Gasteiger partial charge in [-0.05, 0) is 19.4 Å². The molecule has 0 N–H and O–H groups in total. The Labute approximate surface area is 149 Å². The summed E-state index contributed by atoms with van der Waals surface area (Å²) in [6.07, 6.45) is 5.98. The molecule has 0 saturated carbocycles. The van der Waals surface area contributed by atoms with Crippen LogP contribution in [0.3, 0.4) is 0 Å². The summed E-state index contributed by atoms with van der Waals surface area (Å²) in [6, 6.07) is 10.3. The number of nitrogens with zero attached hydrogens (tertiary/aromatic N) is 4. The van der Waals surface area contributed by atoms with Gasteiger partial charge in [0, 0.05) is 38.9 Å². The molecule has 0 spiro atoms. The first-order valence-corrected chi connectivity index (χ1v) is 8.67. The van der Waals surface area contributed by atoms with Gasteiger partial charge in [0.1, 0.15) is 5.82 Å². The number of amides is 1. The van der Waals surface area contributed by atoms with Gasteiger partial charge in [-0.15, -0.1) is 0 Å². The third-order valence-corrected chi connectivity index (χ3v) is 4.46. The Morgan fingerprint density at radius 1 is 1.12 bits per heavy atom. The minimum atomic E-state index is 0.0389. The van der Waals surface area contributed by atoms with Gasteiger partial charge in [0.05, 0.1) is 11.3 Å². The Hall–Kier alpha value is -2.53. The van der Waals surface area contributed by atoms with Crippen LogP contribution in [-0.2, 0) is 0 Å². The lowest BCUT2D eigenvalue weighted by Crippen LogP contribution is -2.48. The second-order valence-corrected chi connectivity index (χ2v) is 6.32. The SMILES string of the molecule is Cc1ncc(C(=O)N2CCN(C/C=C/c3ccccc3)CC2)c(C)n1. The molecular formula is C20H24N4O. The van der Waals surface area contributed by atoms with Crippen molar-refractivity contribution in [2.24, 2.45) is 0 Å². The van der Waals surface area contributed by atoms with Crippen molar-refractivity contribution in [3.8, 4) is 0 Å². The second kappa shape index (κ2) is 8.03. The molecule has 130 valence electrons. The van der Waals surface area contributed by atoms with Crippen LogP contribution in [0.25, 0.3) is 6.08 Å². The Morgan fingerprint density at radius 2 is 1.84 bits per heavy atom. The third-order valence-electron chi connectivity index (χ3n) is 4.46. The number of hydrogen-bond donors (Lipinski definition) is 0. The average Bonchev–Trinajstić information content (AvgIpc) is 2.63. The molecule has 0 aliphatic carbocycles. The molecule has 5 nitrogen and oxygen atoms in total. The second-order valence-electron chi connectivity index (χ2n) is 6.32. The zero-order valence-electron chi connectivity index (χ0n) is 14.9. The molecule has 2 heterocycles. The van der Waals surface area contributed by atoms with E-state index in [1.165, 1.54) is 5.56 Å². The summed E-state index contributed by atoms with van der Waals surface area (Å²) in [7, 11) is 0. The summed E-state index contributed by atoms with van der Waals surface area (Å²) in [5, 5.41) is 0. The van der Waals surface area contributed by atoms with E-state index in [-0.39, 0.29) is 5.91 Å². The Bertz CT molecular complexity index is 750. The number of hydrogen-bond acceptors (Lipinski definition) is 4. The van der Waals surface area contributed by atoms with Crippen LogP contribution in [0.1, 0.15) is 27.4 Å². The van der Waals surface area contributed by atoms with E-state index in [4.69, 9.17) is 0 Å². The largest absolute Gasteiger partial charge is 0.336 e. The monoisotopic (exact) mass is 336 g/mol. The van der Waals surface area contributed by atoms with Gasteiger partial charge in [-0.1, -0.05) is 42.5 Å². The zero-order chi connectivity index (χ0) is 17.6. The first-order valence-electron chi connectivity index (χ1n) is 8.67. The Morgan fingerprint density at radius 3 is 2.52 bits per heavy atom. The summed E-state index contributed by atoms with van der Waals surface area (Å²) in [6.45, 7) is 7.86. The fourth-order valence-corrected chi connectivity index (χ4v) is 3.00. The Balaban J connectivity index is 1.51. The molecule has 0 atom stereocenters. The van der Waals surface area contributed by atoms with Gasteiger partial charge in [0.25, 0.3) is 5.91 Å². The van der Waals surface area contributed by atoms with Gasteiger partial charge in [0.2, 0.25) is 0 Å². The van der Waals surface area contributed by atoms with E-state index in [1.807, 2.05) is 36.9 Å². The average molecular weight is 336 g/mol. The quantitative estimate of drug-likeness (QED) is 0.861. The molecule has 1 aliphatic heterocycles. The van der Waals surface area contributed by atoms with E-state index in [0.29, 0.717) is 11.4 Å². The maximum Gasteiger partial charge on any atom is 0.257 e. The molecule has 1 amide bonds. The van der Waals surface area contributed by atoms with Crippen molar-refractivity contribution in [2.45, 2.75) is 13.8 Å². The molecule has 0 unspecified atom stereocenters. The van der Waals surface area contributed by atoms with Crippen LogP contribution in [0.15, 0.2) is 42.6 Å². The molecular weight excluding hydrogens is 312 g/mol. The lowest BCUT2D eigenvalue weighted by molar-refractivity contribution is 0.0648. The van der Waals surface area contributed by atoms with Crippen molar-refractivity contribution in [3.05, 3.63) is 65.2 Å². The van der Waals surface area contributed by atoms with Crippen LogP contribution in [0.4, 0.5) is 0 Å². The van der Waals surface area contributed by atoms with Gasteiger partial charge >= 0.3 is 0 Å². The number of aromatic nitrogens is 2. The van der Waals surface area contributed by atoms with Crippen molar-refractivity contribution in [2.75, 3.05) is 32.7 Å². The van der Waals surface area contributed by atoms with Crippen LogP contribution in [0.5, 0.6) is 0 Å². The van der Waals surface area contributed by atoms with E-state index in [0.717, 1.165) is 38.4 Å². The maximum atomic E-state index is 12.7. The first-order chi connectivity index (χ1) is 12.1. The smallest absolute Gasteiger partial charge is 0.257 e. The summed E-state index contributed by atoms with van der Waals surface area (Å²) in [5.74, 6) is 0.737. The van der Waals surface area contributed by atoms with E-state index in [9.17, 15) is 4.79 Å². The highest BCUT2D eigenvalue weighted by atomic mass is 16.2. The molecule has 25 heavy (non-hydrogen) atoms. The zero-order valence-corrected chi connectivity index (χ0v) is 14.9. The molecule has 5 heteroatoms. The summed E-state index contributed by atoms with van der Waals surface area (Å²) >= 11 is 0. The van der Waals surface area contributed by atoms with Gasteiger partial charge in [-0.25, -0.2) is 9.97 Å². The van der Waals surface area contributed by atoms with E-state index in [1.54, 1.807) is 6.20 Å². The highest BCUT2D eigenvalue weighted by molar-refractivity contribution is 5.95. The third kappa shape index (κ3) is 4.51. The number of rotatable bonds is 4. The van der Waals surface area contributed by atoms with Crippen LogP contribution >= 0.6 is 0 Å². The minimum absolute atomic E-state index is 0.0389. The number of aryl methyl sites for hydroxylation is 2. The molecule has 1 aromatic carbocycles.